The molecule has 0 aliphatic heterocycles. The molecule has 0 saturated carbocycles. The highest BCUT2D eigenvalue weighted by Gasteiger charge is 2.09. The number of methoxy groups -OCH3 is 2. The lowest BCUT2D eigenvalue weighted by molar-refractivity contribution is 0.395. The summed E-state index contributed by atoms with van der Waals surface area (Å²) in [6.07, 6.45) is 1.44. The van der Waals surface area contributed by atoms with E-state index in [1.165, 1.54) is 18.3 Å². The minimum absolute atomic E-state index is 0.0123. The third-order valence-electron chi connectivity index (χ3n) is 3.41. The second-order valence-corrected chi connectivity index (χ2v) is 5.52. The molecule has 0 unspecified atom stereocenters. The molecule has 1 aromatic heterocycles. The second kappa shape index (κ2) is 7.83. The van der Waals surface area contributed by atoms with Crippen LogP contribution in [-0.4, -0.2) is 29.4 Å². The normalized spacial score (nSPS) is 10.3. The molecular weight excluding hydrogens is 361 g/mol. The highest BCUT2D eigenvalue weighted by Crippen LogP contribution is 2.30. The van der Waals surface area contributed by atoms with Crippen molar-refractivity contribution in [2.75, 3.05) is 24.9 Å². The number of nitrogens with one attached hydrogen (secondary N) is 2. The minimum atomic E-state index is -0.494. The largest absolute Gasteiger partial charge is 0.497 e. The lowest BCUT2D eigenvalue weighted by atomic mass is 10.2. The van der Waals surface area contributed by atoms with Gasteiger partial charge < -0.3 is 20.1 Å². The summed E-state index contributed by atoms with van der Waals surface area (Å²) >= 11 is 5.78. The fourth-order valence-electron chi connectivity index (χ4n) is 2.16. The van der Waals surface area contributed by atoms with E-state index < -0.39 is 5.82 Å². The molecule has 7 nitrogen and oxygen atoms in total. The number of anilines is 4. The standard InChI is InChI=1S/C17H15ClFN5O2/c1-25-11-4-6-14(15(8-11)26-2)22-17-23-16(9-20-24-17)21-10-3-5-13(19)12(18)7-10/h3-9H,1-2H3,(H2,21,22,23,24). The fraction of sp³-hybridized carbons (Fsp3) is 0.118. The van der Waals surface area contributed by atoms with E-state index in [2.05, 4.69) is 25.8 Å². The molecule has 134 valence electrons. The van der Waals surface area contributed by atoms with Gasteiger partial charge in [0.1, 0.15) is 17.3 Å². The Balaban J connectivity index is 1.80. The van der Waals surface area contributed by atoms with Crippen LogP contribution in [0.4, 0.5) is 27.5 Å². The highest BCUT2D eigenvalue weighted by atomic mass is 35.5. The van der Waals surface area contributed by atoms with Crippen LogP contribution in [0.3, 0.4) is 0 Å². The third kappa shape index (κ3) is 4.09. The van der Waals surface area contributed by atoms with Crippen molar-refractivity contribution in [3.8, 4) is 11.5 Å². The number of aromatic nitrogens is 3. The van der Waals surface area contributed by atoms with E-state index in [0.717, 1.165) is 0 Å². The van der Waals surface area contributed by atoms with Gasteiger partial charge in [0.25, 0.3) is 0 Å². The van der Waals surface area contributed by atoms with Gasteiger partial charge in [0, 0.05) is 11.8 Å². The molecule has 9 heteroatoms. The molecule has 0 radical (unpaired) electrons. The molecule has 0 spiro atoms. The zero-order chi connectivity index (χ0) is 18.5. The lowest BCUT2D eigenvalue weighted by Crippen LogP contribution is -2.03. The molecule has 0 bridgehead atoms. The van der Waals surface area contributed by atoms with Crippen molar-refractivity contribution in [2.45, 2.75) is 0 Å². The molecule has 0 atom stereocenters. The minimum Gasteiger partial charge on any atom is -0.497 e. The van der Waals surface area contributed by atoms with Crippen LogP contribution in [0.2, 0.25) is 5.02 Å². The Kier molecular flexibility index (Phi) is 5.33. The second-order valence-electron chi connectivity index (χ2n) is 5.11. The summed E-state index contributed by atoms with van der Waals surface area (Å²) in [5, 5.41) is 13.9. The number of benzene rings is 2. The first kappa shape index (κ1) is 17.7. The molecule has 26 heavy (non-hydrogen) atoms. The monoisotopic (exact) mass is 375 g/mol. The Morgan fingerprint density at radius 2 is 1.88 bits per heavy atom. The first-order valence-electron chi connectivity index (χ1n) is 7.50. The van der Waals surface area contributed by atoms with Gasteiger partial charge in [0.05, 0.1) is 31.1 Å². The van der Waals surface area contributed by atoms with E-state index >= 15 is 0 Å². The zero-order valence-corrected chi connectivity index (χ0v) is 14.7. The van der Waals surface area contributed by atoms with Crippen molar-refractivity contribution in [2.24, 2.45) is 0 Å². The maximum absolute atomic E-state index is 13.2. The molecule has 0 aliphatic carbocycles. The average molecular weight is 376 g/mol. The molecule has 0 fully saturated rings. The van der Waals surface area contributed by atoms with Gasteiger partial charge in [-0.05, 0) is 30.3 Å². The van der Waals surface area contributed by atoms with Crippen LogP contribution in [0, 0.1) is 5.82 Å². The number of halogens is 2. The molecule has 3 aromatic rings. The van der Waals surface area contributed by atoms with E-state index in [1.807, 2.05) is 0 Å². The van der Waals surface area contributed by atoms with Gasteiger partial charge in [0.2, 0.25) is 5.95 Å². The van der Waals surface area contributed by atoms with Crippen LogP contribution >= 0.6 is 11.6 Å². The van der Waals surface area contributed by atoms with E-state index in [1.54, 1.807) is 38.5 Å². The summed E-state index contributed by atoms with van der Waals surface area (Å²) in [6, 6.07) is 9.56. The predicted molar refractivity (Wildman–Crippen MR) is 97.3 cm³/mol. The number of hydrogen-bond acceptors (Lipinski definition) is 7. The summed E-state index contributed by atoms with van der Waals surface area (Å²) in [4.78, 5) is 4.31. The Morgan fingerprint density at radius 1 is 1.04 bits per heavy atom. The molecule has 1 heterocycles. The van der Waals surface area contributed by atoms with Gasteiger partial charge >= 0.3 is 0 Å². The van der Waals surface area contributed by atoms with E-state index in [0.29, 0.717) is 28.7 Å². The van der Waals surface area contributed by atoms with Gasteiger partial charge in [-0.15, -0.1) is 5.10 Å². The van der Waals surface area contributed by atoms with Gasteiger partial charge in [-0.3, -0.25) is 0 Å². The average Bonchev–Trinajstić information content (AvgIpc) is 2.65. The zero-order valence-electron chi connectivity index (χ0n) is 14.0. The van der Waals surface area contributed by atoms with Crippen molar-refractivity contribution in [1.29, 1.82) is 0 Å². The number of rotatable bonds is 6. The molecular formula is C17H15ClFN5O2. The molecule has 3 rings (SSSR count). The molecule has 2 N–H and O–H groups in total. The van der Waals surface area contributed by atoms with Crippen LogP contribution in [0.5, 0.6) is 11.5 Å². The Hall–Kier alpha value is -3.13. The van der Waals surface area contributed by atoms with Gasteiger partial charge in [-0.25, -0.2) is 4.39 Å². The van der Waals surface area contributed by atoms with Gasteiger partial charge in [0.15, 0.2) is 5.82 Å². The summed E-state index contributed by atoms with van der Waals surface area (Å²) in [6.45, 7) is 0. The van der Waals surface area contributed by atoms with Gasteiger partial charge in [-0.2, -0.15) is 10.1 Å². The first-order chi connectivity index (χ1) is 12.6. The molecule has 2 aromatic carbocycles. The van der Waals surface area contributed by atoms with Crippen LogP contribution in [0.15, 0.2) is 42.6 Å². The SMILES string of the molecule is COc1ccc(Nc2nncc(Nc3ccc(F)c(Cl)c3)n2)c(OC)c1. The summed E-state index contributed by atoms with van der Waals surface area (Å²) in [5.41, 5.74) is 1.22. The van der Waals surface area contributed by atoms with Crippen LogP contribution in [0.1, 0.15) is 0 Å². The maximum Gasteiger partial charge on any atom is 0.249 e. The van der Waals surface area contributed by atoms with Crippen LogP contribution < -0.4 is 20.1 Å². The summed E-state index contributed by atoms with van der Waals surface area (Å²) in [7, 11) is 3.13. The Morgan fingerprint density at radius 3 is 2.62 bits per heavy atom. The maximum atomic E-state index is 13.2. The first-order valence-corrected chi connectivity index (χ1v) is 7.87. The molecule has 0 amide bonds. The Labute approximate surface area is 154 Å². The van der Waals surface area contributed by atoms with Crippen molar-refractivity contribution in [3.05, 3.63) is 53.4 Å². The predicted octanol–water partition coefficient (Wildman–Crippen LogP) is 4.17. The number of hydrogen-bond donors (Lipinski definition) is 2. The van der Waals surface area contributed by atoms with Crippen molar-refractivity contribution >= 4 is 34.7 Å². The highest BCUT2D eigenvalue weighted by molar-refractivity contribution is 6.31. The molecule has 0 aliphatic rings. The quantitative estimate of drug-likeness (QED) is 0.669. The Bertz CT molecular complexity index is 925. The van der Waals surface area contributed by atoms with Gasteiger partial charge in [-0.1, -0.05) is 11.6 Å². The molecule has 0 saturated heterocycles. The smallest absolute Gasteiger partial charge is 0.249 e. The topological polar surface area (TPSA) is 81.2 Å². The van der Waals surface area contributed by atoms with Crippen molar-refractivity contribution < 1.29 is 13.9 Å². The van der Waals surface area contributed by atoms with E-state index in [9.17, 15) is 4.39 Å². The summed E-state index contributed by atoms with van der Waals surface area (Å²) < 4.78 is 23.7. The fourth-order valence-corrected chi connectivity index (χ4v) is 2.34. The van der Waals surface area contributed by atoms with Crippen molar-refractivity contribution in [1.82, 2.24) is 15.2 Å². The van der Waals surface area contributed by atoms with Crippen LogP contribution in [0.25, 0.3) is 0 Å². The summed E-state index contributed by atoms with van der Waals surface area (Å²) in [5.74, 6) is 1.41. The van der Waals surface area contributed by atoms with E-state index in [4.69, 9.17) is 21.1 Å². The van der Waals surface area contributed by atoms with E-state index in [-0.39, 0.29) is 11.0 Å². The number of nitrogens with zero attached hydrogens (tertiary/aromatic N) is 3. The van der Waals surface area contributed by atoms with Crippen molar-refractivity contribution in [3.63, 3.8) is 0 Å². The van der Waals surface area contributed by atoms with Crippen LogP contribution in [-0.2, 0) is 0 Å². The number of ether oxygens (including phenoxy) is 2. The lowest BCUT2D eigenvalue weighted by Gasteiger charge is -2.12. The third-order valence-corrected chi connectivity index (χ3v) is 3.70.